The van der Waals surface area contributed by atoms with E-state index in [9.17, 15) is 10.2 Å². The molecule has 3 heteroatoms. The van der Waals surface area contributed by atoms with Crippen molar-refractivity contribution in [1.29, 1.82) is 0 Å². The maximum Gasteiger partial charge on any atom is 0.0721 e. The highest BCUT2D eigenvalue weighted by Gasteiger charge is 2.43. The van der Waals surface area contributed by atoms with Crippen LogP contribution in [0.1, 0.15) is 82.3 Å². The molecule has 2 N–H and O–H groups in total. The molecule has 5 atom stereocenters. The van der Waals surface area contributed by atoms with Gasteiger partial charge in [0.2, 0.25) is 0 Å². The molecular weight excluding hydrogens is 406 g/mol. The van der Waals surface area contributed by atoms with Crippen LogP contribution in [0.3, 0.4) is 0 Å². The Morgan fingerprint density at radius 1 is 1.09 bits per heavy atom. The predicted octanol–water partition coefficient (Wildman–Crippen LogP) is 6.05. The third-order valence-corrected chi connectivity index (χ3v) is 8.19. The van der Waals surface area contributed by atoms with Crippen LogP contribution < -0.4 is 0 Å². The van der Waals surface area contributed by atoms with Crippen molar-refractivity contribution in [1.82, 2.24) is 4.90 Å². The van der Waals surface area contributed by atoms with Gasteiger partial charge in [0.25, 0.3) is 0 Å². The van der Waals surface area contributed by atoms with Gasteiger partial charge in [-0.1, -0.05) is 80.7 Å². The Hall–Kier alpha value is -1.42. The van der Waals surface area contributed by atoms with Gasteiger partial charge in [0, 0.05) is 12.5 Å². The topological polar surface area (TPSA) is 43.7 Å². The molecule has 0 unspecified atom stereocenters. The van der Waals surface area contributed by atoms with Crippen molar-refractivity contribution in [3.05, 3.63) is 59.2 Å². The lowest BCUT2D eigenvalue weighted by Crippen LogP contribution is -2.29. The zero-order valence-corrected chi connectivity index (χ0v) is 20.7. The van der Waals surface area contributed by atoms with Crippen molar-refractivity contribution in [2.75, 3.05) is 13.1 Å². The zero-order chi connectivity index (χ0) is 23.0. The van der Waals surface area contributed by atoms with E-state index >= 15 is 0 Å². The first-order chi connectivity index (χ1) is 16.1. The largest absolute Gasteiger partial charge is 0.392 e. The Morgan fingerprint density at radius 2 is 1.91 bits per heavy atom. The Labute approximate surface area is 201 Å². The molecule has 0 bridgehead atoms. The summed E-state index contributed by atoms with van der Waals surface area (Å²) in [4.78, 5) is 2.60. The molecule has 33 heavy (non-hydrogen) atoms. The van der Waals surface area contributed by atoms with Gasteiger partial charge in [-0.05, 0) is 81.0 Å². The minimum Gasteiger partial charge on any atom is -0.392 e. The molecule has 0 amide bonds. The second-order valence-electron chi connectivity index (χ2n) is 10.8. The van der Waals surface area contributed by atoms with Crippen molar-refractivity contribution >= 4 is 0 Å². The van der Waals surface area contributed by atoms with Crippen LogP contribution in [0.2, 0.25) is 0 Å². The van der Waals surface area contributed by atoms with Crippen LogP contribution in [-0.4, -0.2) is 40.4 Å². The lowest BCUT2D eigenvalue weighted by atomic mass is 9.88. The van der Waals surface area contributed by atoms with Gasteiger partial charge in [-0.3, -0.25) is 4.90 Å². The first-order valence-corrected chi connectivity index (χ1v) is 13.7. The van der Waals surface area contributed by atoms with Crippen LogP contribution in [0, 0.1) is 17.8 Å². The Bertz CT molecular complexity index is 794. The normalized spacial score (nSPS) is 28.9. The van der Waals surface area contributed by atoms with Crippen molar-refractivity contribution < 1.29 is 10.2 Å². The van der Waals surface area contributed by atoms with Gasteiger partial charge in [-0.2, -0.15) is 0 Å². The highest BCUT2D eigenvalue weighted by Crippen LogP contribution is 2.48. The number of nitrogens with zero attached hydrogens (tertiary/aromatic N) is 1. The third-order valence-electron chi connectivity index (χ3n) is 8.19. The van der Waals surface area contributed by atoms with E-state index in [1.165, 1.54) is 56.3 Å². The SMILES string of the molecule is CCCCC[C@H](O)/C=C/[C@@H]1[C@H]2CC(CCc3cccc(CN4CCCCC4)c3)=C[C@H]2C[C@H]1O. The summed E-state index contributed by atoms with van der Waals surface area (Å²) in [7, 11) is 0. The van der Waals surface area contributed by atoms with Crippen LogP contribution in [0.4, 0.5) is 0 Å². The van der Waals surface area contributed by atoms with E-state index in [0.29, 0.717) is 11.8 Å². The van der Waals surface area contributed by atoms with E-state index in [-0.39, 0.29) is 18.1 Å². The van der Waals surface area contributed by atoms with Crippen molar-refractivity contribution in [3.63, 3.8) is 0 Å². The number of rotatable bonds is 11. The molecule has 2 aliphatic carbocycles. The first-order valence-electron chi connectivity index (χ1n) is 13.7. The summed E-state index contributed by atoms with van der Waals surface area (Å²) in [6.07, 6.45) is 18.5. The molecule has 1 aliphatic heterocycles. The highest BCUT2D eigenvalue weighted by molar-refractivity contribution is 5.26. The quantitative estimate of drug-likeness (QED) is 0.318. The number of hydrogen-bond donors (Lipinski definition) is 2. The fourth-order valence-corrected chi connectivity index (χ4v) is 6.31. The molecule has 1 aromatic rings. The summed E-state index contributed by atoms with van der Waals surface area (Å²) in [6.45, 7) is 5.78. The number of benzene rings is 1. The van der Waals surface area contributed by atoms with Gasteiger partial charge in [-0.25, -0.2) is 0 Å². The van der Waals surface area contributed by atoms with Gasteiger partial charge in [0.1, 0.15) is 0 Å². The first kappa shape index (κ1) is 24.7. The fraction of sp³-hybridized carbons (Fsp3) is 0.667. The number of unbranched alkanes of at least 4 members (excludes halogenated alkanes) is 2. The van der Waals surface area contributed by atoms with Crippen LogP contribution in [0.5, 0.6) is 0 Å². The molecular formula is C30H45NO2. The van der Waals surface area contributed by atoms with Gasteiger partial charge < -0.3 is 10.2 Å². The molecule has 3 nitrogen and oxygen atoms in total. The fourth-order valence-electron chi connectivity index (χ4n) is 6.31. The molecule has 0 aromatic heterocycles. The van der Waals surface area contributed by atoms with Gasteiger partial charge in [-0.15, -0.1) is 0 Å². The molecule has 3 aliphatic rings. The number of aliphatic hydroxyl groups excluding tert-OH is 2. The monoisotopic (exact) mass is 451 g/mol. The van der Waals surface area contributed by atoms with E-state index in [2.05, 4.69) is 48.2 Å². The maximum atomic E-state index is 10.6. The standard InChI is InChI=1S/C30H45NO2/c1-2-3-5-11-27(32)14-15-28-29-20-24(19-26(29)21-30(28)33)13-12-23-9-8-10-25(18-23)22-31-16-6-4-7-17-31/h8-10,14-15,18-19,26-30,32-33H,2-7,11-13,16-17,20-22H2,1H3/b15-14+/t26-,27-,28+,29-,30+/m0/s1. The smallest absolute Gasteiger partial charge is 0.0721 e. The molecule has 1 saturated carbocycles. The molecule has 0 spiro atoms. The van der Waals surface area contributed by atoms with Crippen molar-refractivity contribution in [2.45, 2.75) is 96.3 Å². The number of aryl methyl sites for hydroxylation is 1. The van der Waals surface area contributed by atoms with Crippen LogP contribution in [0.25, 0.3) is 0 Å². The average molecular weight is 452 g/mol. The Balaban J connectivity index is 1.26. The zero-order valence-electron chi connectivity index (χ0n) is 20.7. The van der Waals surface area contributed by atoms with E-state index in [4.69, 9.17) is 0 Å². The highest BCUT2D eigenvalue weighted by atomic mass is 16.3. The molecule has 1 saturated heterocycles. The number of fused-ring (bicyclic) bond motifs is 1. The number of aliphatic hydroxyl groups is 2. The molecule has 0 radical (unpaired) electrons. The van der Waals surface area contributed by atoms with Crippen LogP contribution in [0.15, 0.2) is 48.1 Å². The van der Waals surface area contributed by atoms with E-state index < -0.39 is 0 Å². The van der Waals surface area contributed by atoms with E-state index in [0.717, 1.165) is 45.1 Å². The molecule has 1 heterocycles. The maximum absolute atomic E-state index is 10.6. The lowest BCUT2D eigenvalue weighted by Gasteiger charge is -2.26. The number of likely N-dealkylation sites (tertiary alicyclic amines) is 1. The summed E-state index contributed by atoms with van der Waals surface area (Å²) in [5.74, 6) is 1.21. The van der Waals surface area contributed by atoms with Crippen molar-refractivity contribution in [2.24, 2.45) is 17.8 Å². The summed E-state index contributed by atoms with van der Waals surface area (Å²) in [6, 6.07) is 9.22. The minimum absolute atomic E-state index is 0.192. The average Bonchev–Trinajstić information content (AvgIpc) is 3.34. The summed E-state index contributed by atoms with van der Waals surface area (Å²) < 4.78 is 0. The van der Waals surface area contributed by atoms with Gasteiger partial charge >= 0.3 is 0 Å². The summed E-state index contributed by atoms with van der Waals surface area (Å²) in [5, 5.41) is 20.9. The predicted molar refractivity (Wildman–Crippen MR) is 137 cm³/mol. The number of hydrogen-bond acceptors (Lipinski definition) is 3. The number of piperidine rings is 1. The number of allylic oxidation sites excluding steroid dienone is 2. The Morgan fingerprint density at radius 3 is 2.73 bits per heavy atom. The van der Waals surface area contributed by atoms with Crippen LogP contribution >= 0.6 is 0 Å². The molecule has 1 aromatic carbocycles. The van der Waals surface area contributed by atoms with Gasteiger partial charge in [0.05, 0.1) is 12.2 Å². The summed E-state index contributed by atoms with van der Waals surface area (Å²) in [5.41, 5.74) is 4.48. The van der Waals surface area contributed by atoms with E-state index in [1.807, 2.05) is 6.08 Å². The Kier molecular flexibility index (Phi) is 9.23. The minimum atomic E-state index is -0.367. The molecule has 182 valence electrons. The second kappa shape index (κ2) is 12.3. The van der Waals surface area contributed by atoms with Crippen molar-refractivity contribution in [3.8, 4) is 0 Å². The third kappa shape index (κ3) is 7.04. The van der Waals surface area contributed by atoms with Crippen LogP contribution in [-0.2, 0) is 13.0 Å². The van der Waals surface area contributed by atoms with Gasteiger partial charge in [0.15, 0.2) is 0 Å². The van der Waals surface area contributed by atoms with E-state index in [1.54, 1.807) is 5.57 Å². The molecule has 2 fully saturated rings. The second-order valence-corrected chi connectivity index (χ2v) is 10.8. The molecule has 4 rings (SSSR count). The lowest BCUT2D eigenvalue weighted by molar-refractivity contribution is 0.139. The summed E-state index contributed by atoms with van der Waals surface area (Å²) >= 11 is 0.